The second-order valence-electron chi connectivity index (χ2n) is 6.14. The summed E-state index contributed by atoms with van der Waals surface area (Å²) in [7, 11) is 3.95. The van der Waals surface area contributed by atoms with Crippen molar-refractivity contribution < 1.29 is 4.74 Å². The minimum absolute atomic E-state index is 0.623. The number of piperidine rings is 1. The van der Waals surface area contributed by atoms with Crippen LogP contribution in [0.2, 0.25) is 0 Å². The lowest BCUT2D eigenvalue weighted by atomic mass is 9.99. The summed E-state index contributed by atoms with van der Waals surface area (Å²) < 4.78 is 7.39. The number of aryl methyl sites for hydroxylation is 1. The van der Waals surface area contributed by atoms with Gasteiger partial charge in [0.1, 0.15) is 0 Å². The summed E-state index contributed by atoms with van der Waals surface area (Å²) in [5, 5.41) is 3.71. The van der Waals surface area contributed by atoms with Crippen molar-refractivity contribution in [2.45, 2.75) is 56.8 Å². The maximum absolute atomic E-state index is 5.14. The number of anilines is 1. The van der Waals surface area contributed by atoms with Crippen molar-refractivity contribution in [1.29, 1.82) is 0 Å². The van der Waals surface area contributed by atoms with E-state index in [2.05, 4.69) is 33.0 Å². The van der Waals surface area contributed by atoms with Gasteiger partial charge in [-0.2, -0.15) is 0 Å². The Kier molecular flexibility index (Phi) is 4.27. The molecule has 1 N–H and O–H groups in total. The molecule has 3 heterocycles. The van der Waals surface area contributed by atoms with Crippen molar-refractivity contribution in [2.24, 2.45) is 0 Å². The van der Waals surface area contributed by atoms with Crippen molar-refractivity contribution in [3.63, 3.8) is 0 Å². The quantitative estimate of drug-likeness (QED) is 0.803. The number of nitrogens with one attached hydrogen (secondary N) is 1. The third-order valence-electron chi connectivity index (χ3n) is 4.75. The van der Waals surface area contributed by atoms with E-state index in [1.807, 2.05) is 6.20 Å². The van der Waals surface area contributed by atoms with Crippen LogP contribution in [0.5, 0.6) is 0 Å². The molecule has 2 aliphatic heterocycles. The maximum Gasteiger partial charge on any atom is 0.205 e. The summed E-state index contributed by atoms with van der Waals surface area (Å²) in [6.45, 7) is 1.78. The molecule has 0 aromatic carbocycles. The van der Waals surface area contributed by atoms with E-state index in [0.29, 0.717) is 6.04 Å². The first-order valence-corrected chi connectivity index (χ1v) is 7.77. The van der Waals surface area contributed by atoms with Crippen molar-refractivity contribution in [3.8, 4) is 0 Å². The first-order chi connectivity index (χ1) is 9.78. The lowest BCUT2D eigenvalue weighted by Crippen LogP contribution is -2.47. The van der Waals surface area contributed by atoms with Crippen LogP contribution in [-0.4, -0.2) is 48.4 Å². The molecule has 2 unspecified atom stereocenters. The monoisotopic (exact) mass is 278 g/mol. The number of nitrogens with zero attached hydrogens (tertiary/aromatic N) is 3. The highest BCUT2D eigenvalue weighted by Gasteiger charge is 2.35. The largest absolute Gasteiger partial charge is 0.385 e. The van der Waals surface area contributed by atoms with Gasteiger partial charge in [0.15, 0.2) is 0 Å². The van der Waals surface area contributed by atoms with Crippen molar-refractivity contribution in [1.82, 2.24) is 14.9 Å². The standard InChI is InChI=1S/C15H26N4O/c1-18(14-10-12-4-5-13(11-14)17-12)15-16-6-8-19(15)7-3-9-20-2/h6,8,12-14,17H,3-5,7,9-11H2,1-2H3. The Balaban J connectivity index is 1.64. The highest BCUT2D eigenvalue weighted by Crippen LogP contribution is 2.30. The molecule has 112 valence electrons. The van der Waals surface area contributed by atoms with E-state index in [4.69, 9.17) is 4.74 Å². The van der Waals surface area contributed by atoms with E-state index in [-0.39, 0.29) is 0 Å². The SMILES string of the molecule is COCCCn1ccnc1N(C)C1CC2CCC(C1)N2. The van der Waals surface area contributed by atoms with Gasteiger partial charge in [-0.05, 0) is 32.1 Å². The molecule has 2 aliphatic rings. The zero-order chi connectivity index (χ0) is 13.9. The van der Waals surface area contributed by atoms with Crippen LogP contribution in [0.4, 0.5) is 5.95 Å². The third kappa shape index (κ3) is 2.83. The van der Waals surface area contributed by atoms with Gasteiger partial charge < -0.3 is 19.5 Å². The summed E-state index contributed by atoms with van der Waals surface area (Å²) in [5.74, 6) is 1.10. The second kappa shape index (κ2) is 6.14. The minimum atomic E-state index is 0.623. The second-order valence-corrected chi connectivity index (χ2v) is 6.14. The Morgan fingerprint density at radius 1 is 1.40 bits per heavy atom. The topological polar surface area (TPSA) is 42.3 Å². The Bertz CT molecular complexity index is 421. The zero-order valence-corrected chi connectivity index (χ0v) is 12.6. The molecular weight excluding hydrogens is 252 g/mol. The molecule has 2 fully saturated rings. The van der Waals surface area contributed by atoms with E-state index in [1.54, 1.807) is 7.11 Å². The summed E-state index contributed by atoms with van der Waals surface area (Å²) in [4.78, 5) is 6.96. The minimum Gasteiger partial charge on any atom is -0.385 e. The molecule has 0 spiro atoms. The van der Waals surface area contributed by atoms with Gasteiger partial charge in [0.05, 0.1) is 0 Å². The molecule has 0 aliphatic carbocycles. The molecule has 20 heavy (non-hydrogen) atoms. The normalized spacial score (nSPS) is 28.8. The Hall–Kier alpha value is -1.07. The number of methoxy groups -OCH3 is 1. The van der Waals surface area contributed by atoms with Gasteiger partial charge >= 0.3 is 0 Å². The summed E-state index contributed by atoms with van der Waals surface area (Å²) in [6, 6.07) is 2.06. The Labute approximate surface area is 121 Å². The number of aromatic nitrogens is 2. The number of hydrogen-bond acceptors (Lipinski definition) is 4. The van der Waals surface area contributed by atoms with Crippen LogP contribution < -0.4 is 10.2 Å². The highest BCUT2D eigenvalue weighted by atomic mass is 16.5. The number of hydrogen-bond donors (Lipinski definition) is 1. The molecule has 5 nitrogen and oxygen atoms in total. The van der Waals surface area contributed by atoms with Gasteiger partial charge in [0.25, 0.3) is 0 Å². The fourth-order valence-electron chi connectivity index (χ4n) is 3.68. The van der Waals surface area contributed by atoms with Crippen molar-refractivity contribution in [3.05, 3.63) is 12.4 Å². The number of imidazole rings is 1. The lowest BCUT2D eigenvalue weighted by molar-refractivity contribution is 0.190. The number of ether oxygens (including phenoxy) is 1. The third-order valence-corrected chi connectivity index (χ3v) is 4.75. The summed E-state index contributed by atoms with van der Waals surface area (Å²) in [6.07, 6.45) is 10.2. The van der Waals surface area contributed by atoms with Gasteiger partial charge in [-0.15, -0.1) is 0 Å². The van der Waals surface area contributed by atoms with Crippen LogP contribution in [-0.2, 0) is 11.3 Å². The molecule has 1 aromatic rings. The molecule has 5 heteroatoms. The van der Waals surface area contributed by atoms with Crippen molar-refractivity contribution in [2.75, 3.05) is 25.7 Å². The predicted molar refractivity (Wildman–Crippen MR) is 80.1 cm³/mol. The predicted octanol–water partition coefficient (Wildman–Crippen LogP) is 1.64. The van der Waals surface area contributed by atoms with Crippen LogP contribution in [0.3, 0.4) is 0 Å². The van der Waals surface area contributed by atoms with Crippen LogP contribution in [0.1, 0.15) is 32.1 Å². The summed E-state index contributed by atoms with van der Waals surface area (Å²) >= 11 is 0. The molecule has 2 atom stereocenters. The smallest absolute Gasteiger partial charge is 0.205 e. The molecule has 0 amide bonds. The van der Waals surface area contributed by atoms with Crippen LogP contribution in [0, 0.1) is 0 Å². The fraction of sp³-hybridized carbons (Fsp3) is 0.800. The van der Waals surface area contributed by atoms with Gasteiger partial charge in [-0.25, -0.2) is 4.98 Å². The lowest BCUT2D eigenvalue weighted by Gasteiger charge is -2.36. The number of fused-ring (bicyclic) bond motifs is 2. The van der Waals surface area contributed by atoms with Gasteiger partial charge in [-0.1, -0.05) is 0 Å². The van der Waals surface area contributed by atoms with Crippen molar-refractivity contribution >= 4 is 5.95 Å². The first kappa shape index (κ1) is 13.9. The molecule has 2 saturated heterocycles. The van der Waals surface area contributed by atoms with E-state index in [9.17, 15) is 0 Å². The first-order valence-electron chi connectivity index (χ1n) is 7.77. The van der Waals surface area contributed by atoms with Crippen LogP contribution in [0.25, 0.3) is 0 Å². The molecule has 1 aromatic heterocycles. The van der Waals surface area contributed by atoms with Gasteiger partial charge in [0.2, 0.25) is 5.95 Å². The van der Waals surface area contributed by atoms with Gasteiger partial charge in [-0.3, -0.25) is 0 Å². The van der Waals surface area contributed by atoms with E-state index >= 15 is 0 Å². The Morgan fingerprint density at radius 3 is 2.85 bits per heavy atom. The summed E-state index contributed by atoms with van der Waals surface area (Å²) in [5.41, 5.74) is 0. The van der Waals surface area contributed by atoms with Gasteiger partial charge in [0, 0.05) is 57.8 Å². The van der Waals surface area contributed by atoms with E-state index in [1.165, 1.54) is 25.7 Å². The van der Waals surface area contributed by atoms with E-state index < -0.39 is 0 Å². The molecule has 0 radical (unpaired) electrons. The average molecular weight is 278 g/mol. The average Bonchev–Trinajstić information content (AvgIpc) is 3.05. The highest BCUT2D eigenvalue weighted by molar-refractivity contribution is 5.32. The fourth-order valence-corrected chi connectivity index (χ4v) is 3.68. The van der Waals surface area contributed by atoms with Crippen LogP contribution in [0.15, 0.2) is 12.4 Å². The maximum atomic E-state index is 5.14. The molecule has 3 rings (SSSR count). The molecular formula is C15H26N4O. The van der Waals surface area contributed by atoms with Crippen LogP contribution >= 0.6 is 0 Å². The number of rotatable bonds is 6. The molecule has 0 saturated carbocycles. The molecule has 2 bridgehead atoms. The van der Waals surface area contributed by atoms with E-state index in [0.717, 1.165) is 37.6 Å². The Morgan fingerprint density at radius 2 is 2.15 bits per heavy atom. The zero-order valence-electron chi connectivity index (χ0n) is 12.6.